The van der Waals surface area contributed by atoms with E-state index >= 15 is 0 Å². The molecule has 0 aliphatic rings. The highest BCUT2D eigenvalue weighted by Crippen LogP contribution is 2.18. The molecule has 0 atom stereocenters. The normalized spacial score (nSPS) is 11.5. The SMILES string of the molecule is CN(C)CCCCNC(=O)Cc1ccc(OC(C)(C)C)cc1. The summed E-state index contributed by atoms with van der Waals surface area (Å²) in [6, 6.07) is 7.75. The summed E-state index contributed by atoms with van der Waals surface area (Å²) in [4.78, 5) is 14.0. The fourth-order valence-corrected chi connectivity index (χ4v) is 2.06. The Morgan fingerprint density at radius 1 is 1.14 bits per heavy atom. The summed E-state index contributed by atoms with van der Waals surface area (Å²) >= 11 is 0. The van der Waals surface area contributed by atoms with Gasteiger partial charge in [0, 0.05) is 6.54 Å². The van der Waals surface area contributed by atoms with Crippen LogP contribution in [-0.2, 0) is 11.2 Å². The summed E-state index contributed by atoms with van der Waals surface area (Å²) < 4.78 is 5.77. The van der Waals surface area contributed by atoms with Gasteiger partial charge in [0.2, 0.25) is 5.91 Å². The highest BCUT2D eigenvalue weighted by atomic mass is 16.5. The standard InChI is InChI=1S/C18H30N2O2/c1-18(2,3)22-16-10-8-15(9-11-16)14-17(21)19-12-6-7-13-20(4)5/h8-11H,6-7,12-14H2,1-5H3,(H,19,21). The van der Waals surface area contributed by atoms with Gasteiger partial charge in [0.25, 0.3) is 0 Å². The second-order valence-electron chi connectivity index (χ2n) is 6.90. The molecule has 0 radical (unpaired) electrons. The van der Waals surface area contributed by atoms with Gasteiger partial charge in [0.1, 0.15) is 11.4 Å². The van der Waals surface area contributed by atoms with Crippen LogP contribution < -0.4 is 10.1 Å². The van der Waals surface area contributed by atoms with E-state index in [1.165, 1.54) is 0 Å². The maximum absolute atomic E-state index is 11.9. The molecule has 0 heterocycles. The number of unbranched alkanes of at least 4 members (excludes halogenated alkanes) is 1. The van der Waals surface area contributed by atoms with Crippen LogP contribution in [0.1, 0.15) is 39.2 Å². The molecule has 22 heavy (non-hydrogen) atoms. The zero-order chi connectivity index (χ0) is 16.6. The topological polar surface area (TPSA) is 41.6 Å². The summed E-state index contributed by atoms with van der Waals surface area (Å²) in [7, 11) is 4.12. The smallest absolute Gasteiger partial charge is 0.224 e. The molecule has 0 saturated heterocycles. The average Bonchev–Trinajstić information content (AvgIpc) is 2.38. The number of nitrogens with one attached hydrogen (secondary N) is 1. The molecule has 0 unspecified atom stereocenters. The van der Waals surface area contributed by atoms with Crippen LogP contribution in [0.15, 0.2) is 24.3 Å². The summed E-state index contributed by atoms with van der Waals surface area (Å²) in [5.41, 5.74) is 0.804. The van der Waals surface area contributed by atoms with E-state index in [9.17, 15) is 4.79 Å². The Morgan fingerprint density at radius 2 is 1.77 bits per heavy atom. The lowest BCUT2D eigenvalue weighted by Gasteiger charge is -2.21. The Bertz CT molecular complexity index is 447. The van der Waals surface area contributed by atoms with Crippen molar-refractivity contribution in [1.29, 1.82) is 0 Å². The minimum absolute atomic E-state index is 0.0781. The van der Waals surface area contributed by atoms with Crippen LogP contribution in [0.4, 0.5) is 0 Å². The van der Waals surface area contributed by atoms with Gasteiger partial charge >= 0.3 is 0 Å². The molecular weight excluding hydrogens is 276 g/mol. The minimum atomic E-state index is -0.203. The van der Waals surface area contributed by atoms with Gasteiger partial charge in [-0.25, -0.2) is 0 Å². The van der Waals surface area contributed by atoms with E-state index in [1.54, 1.807) is 0 Å². The maximum Gasteiger partial charge on any atom is 0.224 e. The largest absolute Gasteiger partial charge is 0.488 e. The van der Waals surface area contributed by atoms with Gasteiger partial charge in [-0.2, -0.15) is 0 Å². The highest BCUT2D eigenvalue weighted by molar-refractivity contribution is 5.78. The van der Waals surface area contributed by atoms with Crippen molar-refractivity contribution in [2.45, 2.75) is 45.6 Å². The molecule has 124 valence electrons. The lowest BCUT2D eigenvalue weighted by molar-refractivity contribution is -0.120. The van der Waals surface area contributed by atoms with Crippen LogP contribution in [-0.4, -0.2) is 43.6 Å². The van der Waals surface area contributed by atoms with Crippen LogP contribution in [0, 0.1) is 0 Å². The first-order valence-electron chi connectivity index (χ1n) is 7.96. The van der Waals surface area contributed by atoms with Crippen LogP contribution in [0.2, 0.25) is 0 Å². The predicted molar refractivity (Wildman–Crippen MR) is 91.3 cm³/mol. The molecule has 1 N–H and O–H groups in total. The van der Waals surface area contributed by atoms with Crippen molar-refractivity contribution < 1.29 is 9.53 Å². The van der Waals surface area contributed by atoms with Crippen LogP contribution in [0.5, 0.6) is 5.75 Å². The van der Waals surface area contributed by atoms with Gasteiger partial charge < -0.3 is 15.0 Å². The van der Waals surface area contributed by atoms with Crippen molar-refractivity contribution >= 4 is 5.91 Å². The number of benzene rings is 1. The van der Waals surface area contributed by atoms with E-state index in [4.69, 9.17) is 4.74 Å². The highest BCUT2D eigenvalue weighted by Gasteiger charge is 2.11. The van der Waals surface area contributed by atoms with Crippen LogP contribution in [0.25, 0.3) is 0 Å². The summed E-state index contributed by atoms with van der Waals surface area (Å²) in [6.45, 7) is 7.86. The Balaban J connectivity index is 2.30. The van der Waals surface area contributed by atoms with Gasteiger partial charge in [-0.1, -0.05) is 12.1 Å². The van der Waals surface area contributed by atoms with Crippen LogP contribution in [0.3, 0.4) is 0 Å². The number of carbonyl (C=O) groups excluding carboxylic acids is 1. The summed E-state index contributed by atoms with van der Waals surface area (Å²) in [6.07, 6.45) is 2.54. The number of carbonyl (C=O) groups is 1. The van der Waals surface area contributed by atoms with Crippen LogP contribution >= 0.6 is 0 Å². The van der Waals surface area contributed by atoms with Crippen molar-refractivity contribution in [3.63, 3.8) is 0 Å². The van der Waals surface area contributed by atoms with E-state index < -0.39 is 0 Å². The van der Waals surface area contributed by atoms with Crippen molar-refractivity contribution in [2.24, 2.45) is 0 Å². The molecule has 1 aromatic carbocycles. The van der Waals surface area contributed by atoms with Crippen molar-refractivity contribution in [2.75, 3.05) is 27.2 Å². The Labute approximate surface area is 134 Å². The number of nitrogens with zero attached hydrogens (tertiary/aromatic N) is 1. The fourth-order valence-electron chi connectivity index (χ4n) is 2.06. The van der Waals surface area contributed by atoms with E-state index in [2.05, 4.69) is 24.3 Å². The fraction of sp³-hybridized carbons (Fsp3) is 0.611. The number of hydrogen-bond acceptors (Lipinski definition) is 3. The monoisotopic (exact) mass is 306 g/mol. The summed E-state index contributed by atoms with van der Waals surface area (Å²) in [5, 5.41) is 2.97. The van der Waals surface area contributed by atoms with Gasteiger partial charge in [-0.05, 0) is 71.9 Å². The molecule has 1 rings (SSSR count). The number of hydrogen-bond donors (Lipinski definition) is 1. The molecule has 0 aromatic heterocycles. The predicted octanol–water partition coefficient (Wildman–Crippen LogP) is 2.86. The third kappa shape index (κ3) is 8.67. The molecule has 0 bridgehead atoms. The molecule has 1 aromatic rings. The molecule has 4 heteroatoms. The summed E-state index contributed by atoms with van der Waals surface area (Å²) in [5.74, 6) is 0.912. The van der Waals surface area contributed by atoms with E-state index in [-0.39, 0.29) is 11.5 Å². The number of ether oxygens (including phenoxy) is 1. The minimum Gasteiger partial charge on any atom is -0.488 e. The number of rotatable bonds is 8. The molecule has 0 spiro atoms. The lowest BCUT2D eigenvalue weighted by Crippen LogP contribution is -2.26. The van der Waals surface area contributed by atoms with Gasteiger partial charge in [0.05, 0.1) is 6.42 Å². The third-order valence-corrected chi connectivity index (χ3v) is 3.07. The molecule has 0 aliphatic carbocycles. The Hall–Kier alpha value is -1.55. The Kier molecular flexibility index (Phi) is 7.39. The molecule has 4 nitrogen and oxygen atoms in total. The third-order valence-electron chi connectivity index (χ3n) is 3.07. The van der Waals surface area contributed by atoms with Crippen molar-refractivity contribution in [3.8, 4) is 5.75 Å². The van der Waals surface area contributed by atoms with E-state index in [0.717, 1.165) is 37.2 Å². The quantitative estimate of drug-likeness (QED) is 0.751. The van der Waals surface area contributed by atoms with Crippen molar-refractivity contribution in [3.05, 3.63) is 29.8 Å². The maximum atomic E-state index is 11.9. The molecule has 0 aliphatic heterocycles. The Morgan fingerprint density at radius 3 is 2.32 bits per heavy atom. The number of amides is 1. The zero-order valence-electron chi connectivity index (χ0n) is 14.6. The lowest BCUT2D eigenvalue weighted by atomic mass is 10.1. The first-order valence-corrected chi connectivity index (χ1v) is 7.96. The molecular formula is C18H30N2O2. The first kappa shape index (κ1) is 18.5. The molecule has 0 saturated carbocycles. The van der Waals surface area contributed by atoms with E-state index in [1.807, 2.05) is 45.0 Å². The average molecular weight is 306 g/mol. The first-order chi connectivity index (χ1) is 10.3. The van der Waals surface area contributed by atoms with Gasteiger partial charge in [0.15, 0.2) is 0 Å². The molecule has 0 fully saturated rings. The van der Waals surface area contributed by atoms with Gasteiger partial charge in [-0.15, -0.1) is 0 Å². The molecule has 1 amide bonds. The second-order valence-corrected chi connectivity index (χ2v) is 6.90. The second kappa shape index (κ2) is 8.79. The van der Waals surface area contributed by atoms with E-state index in [0.29, 0.717) is 6.42 Å². The zero-order valence-corrected chi connectivity index (χ0v) is 14.6. The van der Waals surface area contributed by atoms with Gasteiger partial charge in [-0.3, -0.25) is 4.79 Å². The van der Waals surface area contributed by atoms with Crippen molar-refractivity contribution in [1.82, 2.24) is 10.2 Å².